The van der Waals surface area contributed by atoms with Crippen LogP contribution in [0.4, 0.5) is 5.69 Å². The van der Waals surface area contributed by atoms with Gasteiger partial charge >= 0.3 is 0 Å². The third-order valence-corrected chi connectivity index (χ3v) is 5.19. The van der Waals surface area contributed by atoms with Crippen LogP contribution >= 0.6 is 15.9 Å². The van der Waals surface area contributed by atoms with Crippen LogP contribution in [0, 0.1) is 26.2 Å². The molecule has 0 aliphatic carbocycles. The second-order valence-electron chi connectivity index (χ2n) is 7.54. The smallest absolute Gasteiger partial charge is 0.230 e. The Balaban J connectivity index is 1.87. The minimum atomic E-state index is -0.463. The number of anilines is 1. The molecule has 0 fully saturated rings. The van der Waals surface area contributed by atoms with Crippen LogP contribution in [0.25, 0.3) is 0 Å². The molecule has 0 aromatic heterocycles. The minimum Gasteiger partial charge on any atom is -0.493 e. The summed E-state index contributed by atoms with van der Waals surface area (Å²) in [4.78, 5) is 12.7. The van der Waals surface area contributed by atoms with Crippen LogP contribution in [-0.2, 0) is 4.79 Å². The number of rotatable bonds is 7. The van der Waals surface area contributed by atoms with E-state index in [1.807, 2.05) is 45.9 Å². The molecule has 0 atom stereocenters. The van der Waals surface area contributed by atoms with Crippen LogP contribution in [-0.4, -0.2) is 12.5 Å². The Morgan fingerprint density at radius 2 is 1.73 bits per heavy atom. The highest BCUT2D eigenvalue weighted by atomic mass is 79.9. The highest BCUT2D eigenvalue weighted by Gasteiger charge is 2.27. The van der Waals surface area contributed by atoms with Crippen LogP contribution in [0.15, 0.2) is 40.9 Å². The molecule has 0 aliphatic rings. The van der Waals surface area contributed by atoms with E-state index >= 15 is 0 Å². The molecule has 2 aromatic carbocycles. The highest BCUT2D eigenvalue weighted by Crippen LogP contribution is 2.29. The zero-order chi connectivity index (χ0) is 19.3. The lowest BCUT2D eigenvalue weighted by Crippen LogP contribution is -2.31. The molecule has 2 rings (SSSR count). The first-order valence-corrected chi connectivity index (χ1v) is 9.76. The van der Waals surface area contributed by atoms with Gasteiger partial charge in [0.25, 0.3) is 0 Å². The molecule has 0 saturated heterocycles. The maximum Gasteiger partial charge on any atom is 0.230 e. The summed E-state index contributed by atoms with van der Waals surface area (Å²) in [6.07, 6.45) is 1.58. The van der Waals surface area contributed by atoms with Gasteiger partial charge in [-0.15, -0.1) is 0 Å². The summed E-state index contributed by atoms with van der Waals surface area (Å²) in [5, 5.41) is 3.03. The van der Waals surface area contributed by atoms with Crippen LogP contribution in [0.3, 0.4) is 0 Å². The Morgan fingerprint density at radius 3 is 2.42 bits per heavy atom. The molecule has 0 saturated carbocycles. The maximum atomic E-state index is 12.7. The van der Waals surface area contributed by atoms with Crippen molar-refractivity contribution in [3.05, 3.63) is 57.6 Å². The molecule has 0 unspecified atom stereocenters. The molecule has 2 aromatic rings. The van der Waals surface area contributed by atoms with E-state index in [1.165, 1.54) is 5.56 Å². The average Bonchev–Trinajstić information content (AvgIpc) is 2.57. The zero-order valence-electron chi connectivity index (χ0n) is 16.3. The van der Waals surface area contributed by atoms with Gasteiger partial charge in [-0.25, -0.2) is 0 Å². The van der Waals surface area contributed by atoms with Gasteiger partial charge in [0.15, 0.2) is 0 Å². The van der Waals surface area contributed by atoms with Crippen molar-refractivity contribution in [1.29, 1.82) is 0 Å². The van der Waals surface area contributed by atoms with Crippen molar-refractivity contribution in [3.63, 3.8) is 0 Å². The van der Waals surface area contributed by atoms with Crippen LogP contribution < -0.4 is 10.1 Å². The number of hydrogen-bond acceptors (Lipinski definition) is 2. The first-order valence-electron chi connectivity index (χ1n) is 8.97. The second-order valence-corrected chi connectivity index (χ2v) is 8.40. The van der Waals surface area contributed by atoms with Crippen molar-refractivity contribution in [2.24, 2.45) is 5.41 Å². The van der Waals surface area contributed by atoms with Crippen molar-refractivity contribution in [1.82, 2.24) is 0 Å². The van der Waals surface area contributed by atoms with Crippen molar-refractivity contribution >= 4 is 27.5 Å². The largest absolute Gasteiger partial charge is 0.493 e. The van der Waals surface area contributed by atoms with Crippen molar-refractivity contribution in [3.8, 4) is 5.75 Å². The van der Waals surface area contributed by atoms with Crippen molar-refractivity contribution < 1.29 is 9.53 Å². The molecule has 0 spiro atoms. The zero-order valence-corrected chi connectivity index (χ0v) is 17.9. The fourth-order valence-corrected chi connectivity index (χ4v) is 3.28. The van der Waals surface area contributed by atoms with E-state index < -0.39 is 5.41 Å². The number of hydrogen-bond donors (Lipinski definition) is 1. The molecule has 0 bridgehead atoms. The number of nitrogens with one attached hydrogen (secondary N) is 1. The SMILES string of the molecule is Cc1ccc(NC(=O)C(C)(C)CCCOc2cc(C)ccc2C)c(Br)c1. The Kier molecular flexibility index (Phi) is 6.87. The molecule has 0 radical (unpaired) electrons. The van der Waals surface area contributed by atoms with E-state index in [0.29, 0.717) is 6.61 Å². The Bertz CT molecular complexity index is 784. The van der Waals surface area contributed by atoms with E-state index in [4.69, 9.17) is 4.74 Å². The first kappa shape index (κ1) is 20.5. The third-order valence-electron chi connectivity index (χ3n) is 4.53. The molecule has 1 amide bonds. The normalized spacial score (nSPS) is 11.3. The number of aryl methyl sites for hydroxylation is 3. The van der Waals surface area contributed by atoms with Gasteiger partial charge in [-0.2, -0.15) is 0 Å². The van der Waals surface area contributed by atoms with Gasteiger partial charge < -0.3 is 10.1 Å². The van der Waals surface area contributed by atoms with E-state index in [2.05, 4.69) is 46.4 Å². The fraction of sp³-hybridized carbons (Fsp3) is 0.409. The molecular weight excluding hydrogens is 390 g/mol. The average molecular weight is 418 g/mol. The molecule has 0 aliphatic heterocycles. The topological polar surface area (TPSA) is 38.3 Å². The summed E-state index contributed by atoms with van der Waals surface area (Å²) in [6.45, 7) is 10.7. The van der Waals surface area contributed by atoms with Gasteiger partial charge in [0.2, 0.25) is 5.91 Å². The second kappa shape index (κ2) is 8.72. The Labute approximate surface area is 165 Å². The Morgan fingerprint density at radius 1 is 1.08 bits per heavy atom. The first-order chi connectivity index (χ1) is 12.2. The maximum absolute atomic E-state index is 12.7. The van der Waals surface area contributed by atoms with Crippen molar-refractivity contribution in [2.75, 3.05) is 11.9 Å². The van der Waals surface area contributed by atoms with E-state index in [0.717, 1.165) is 39.9 Å². The van der Waals surface area contributed by atoms with E-state index in [9.17, 15) is 4.79 Å². The summed E-state index contributed by atoms with van der Waals surface area (Å²) in [5.41, 5.74) is 3.82. The summed E-state index contributed by atoms with van der Waals surface area (Å²) >= 11 is 3.51. The van der Waals surface area contributed by atoms with Gasteiger partial charge in [0.05, 0.1) is 12.3 Å². The van der Waals surface area contributed by atoms with Gasteiger partial charge in [-0.05, 0) is 84.4 Å². The molecule has 3 nitrogen and oxygen atoms in total. The van der Waals surface area contributed by atoms with Gasteiger partial charge in [-0.3, -0.25) is 4.79 Å². The van der Waals surface area contributed by atoms with E-state index in [1.54, 1.807) is 0 Å². The standard InChI is InChI=1S/C22H28BrNO2/c1-15-8-10-19(18(23)13-15)24-21(25)22(4,5)11-6-12-26-20-14-16(2)7-9-17(20)3/h7-10,13-14H,6,11-12H2,1-5H3,(H,24,25). The highest BCUT2D eigenvalue weighted by molar-refractivity contribution is 9.10. The summed E-state index contributed by atoms with van der Waals surface area (Å²) < 4.78 is 6.81. The monoisotopic (exact) mass is 417 g/mol. The molecule has 4 heteroatoms. The van der Waals surface area contributed by atoms with Crippen LogP contribution in [0.5, 0.6) is 5.75 Å². The number of benzene rings is 2. The molecule has 0 heterocycles. The summed E-state index contributed by atoms with van der Waals surface area (Å²) in [7, 11) is 0. The molecule has 140 valence electrons. The summed E-state index contributed by atoms with van der Waals surface area (Å²) in [6, 6.07) is 12.1. The van der Waals surface area contributed by atoms with E-state index in [-0.39, 0.29) is 5.91 Å². The fourth-order valence-electron chi connectivity index (χ4n) is 2.69. The number of carbonyl (C=O) groups excluding carboxylic acids is 1. The number of ether oxygens (including phenoxy) is 1. The number of halogens is 1. The predicted octanol–water partition coefficient (Wildman–Crippen LogP) is 6.20. The van der Waals surface area contributed by atoms with Gasteiger partial charge in [0, 0.05) is 9.89 Å². The van der Waals surface area contributed by atoms with Gasteiger partial charge in [-0.1, -0.05) is 32.0 Å². The lowest BCUT2D eigenvalue weighted by atomic mass is 9.87. The molecule has 1 N–H and O–H groups in total. The quantitative estimate of drug-likeness (QED) is 0.544. The van der Waals surface area contributed by atoms with Crippen LogP contribution in [0.1, 0.15) is 43.4 Å². The lowest BCUT2D eigenvalue weighted by Gasteiger charge is -2.24. The summed E-state index contributed by atoms with van der Waals surface area (Å²) in [5.74, 6) is 0.949. The van der Waals surface area contributed by atoms with Crippen molar-refractivity contribution in [2.45, 2.75) is 47.5 Å². The molecule has 26 heavy (non-hydrogen) atoms. The van der Waals surface area contributed by atoms with Crippen LogP contribution in [0.2, 0.25) is 0 Å². The Hall–Kier alpha value is -1.81. The predicted molar refractivity (Wildman–Crippen MR) is 112 cm³/mol. The number of carbonyl (C=O) groups is 1. The minimum absolute atomic E-state index is 0.0220. The molecular formula is C22H28BrNO2. The lowest BCUT2D eigenvalue weighted by molar-refractivity contribution is -0.124. The number of amides is 1. The van der Waals surface area contributed by atoms with Gasteiger partial charge in [0.1, 0.15) is 5.75 Å². The third kappa shape index (κ3) is 5.60.